The number of thiocarbonyl (C=S) groups is 1. The lowest BCUT2D eigenvalue weighted by atomic mass is 10.1. The number of hydrogen-bond donors (Lipinski definition) is 1. The van der Waals surface area contributed by atoms with Crippen LogP contribution in [-0.2, 0) is 13.0 Å². The molecule has 0 saturated heterocycles. The molecule has 0 heterocycles. The van der Waals surface area contributed by atoms with Crippen molar-refractivity contribution in [1.29, 1.82) is 0 Å². The summed E-state index contributed by atoms with van der Waals surface area (Å²) < 4.78 is 0. The van der Waals surface area contributed by atoms with Crippen LogP contribution < -0.4 is 5.32 Å². The van der Waals surface area contributed by atoms with Gasteiger partial charge in [-0.25, -0.2) is 0 Å². The van der Waals surface area contributed by atoms with E-state index >= 15 is 0 Å². The van der Waals surface area contributed by atoms with E-state index in [0.717, 1.165) is 30.3 Å². The summed E-state index contributed by atoms with van der Waals surface area (Å²) in [5.74, 6) is 0. The molecule has 3 aromatic carbocycles. The van der Waals surface area contributed by atoms with Crippen LogP contribution in [-0.4, -0.2) is 16.6 Å². The fourth-order valence-corrected chi connectivity index (χ4v) is 3.16. The van der Waals surface area contributed by atoms with Crippen molar-refractivity contribution in [2.45, 2.75) is 19.9 Å². The van der Waals surface area contributed by atoms with Gasteiger partial charge in [-0.3, -0.25) is 0 Å². The Balaban J connectivity index is 1.71. The topological polar surface area (TPSA) is 15.3 Å². The van der Waals surface area contributed by atoms with E-state index in [0.29, 0.717) is 0 Å². The zero-order valence-electron chi connectivity index (χ0n) is 15.1. The molecule has 0 fully saturated rings. The highest BCUT2D eigenvalue weighted by atomic mass is 32.1. The second-order valence-electron chi connectivity index (χ2n) is 6.44. The molecule has 0 bridgehead atoms. The van der Waals surface area contributed by atoms with E-state index in [1.165, 1.54) is 16.7 Å². The number of aryl methyl sites for hydroxylation is 1. The maximum Gasteiger partial charge on any atom is 0.173 e. The van der Waals surface area contributed by atoms with Gasteiger partial charge in [-0.15, -0.1) is 0 Å². The summed E-state index contributed by atoms with van der Waals surface area (Å²) in [6.07, 6.45) is 0.962. The third-order valence-corrected chi connectivity index (χ3v) is 4.65. The van der Waals surface area contributed by atoms with E-state index in [1.807, 2.05) is 12.1 Å². The van der Waals surface area contributed by atoms with E-state index in [2.05, 4.69) is 89.9 Å². The van der Waals surface area contributed by atoms with Gasteiger partial charge in [0, 0.05) is 18.8 Å². The van der Waals surface area contributed by atoms with Crippen molar-refractivity contribution in [1.82, 2.24) is 4.90 Å². The molecule has 0 saturated carbocycles. The molecule has 132 valence electrons. The Morgan fingerprint density at radius 3 is 2.15 bits per heavy atom. The maximum atomic E-state index is 5.73. The Labute approximate surface area is 161 Å². The van der Waals surface area contributed by atoms with Crippen LogP contribution in [0.5, 0.6) is 0 Å². The molecule has 0 aliphatic heterocycles. The van der Waals surface area contributed by atoms with E-state index < -0.39 is 0 Å². The van der Waals surface area contributed by atoms with Gasteiger partial charge < -0.3 is 10.2 Å². The Morgan fingerprint density at radius 1 is 0.846 bits per heavy atom. The first kappa shape index (κ1) is 18.2. The molecule has 3 rings (SSSR count). The summed E-state index contributed by atoms with van der Waals surface area (Å²) in [6.45, 7) is 3.76. The predicted molar refractivity (Wildman–Crippen MR) is 114 cm³/mol. The lowest BCUT2D eigenvalue weighted by Crippen LogP contribution is -2.35. The summed E-state index contributed by atoms with van der Waals surface area (Å²) in [4.78, 5) is 2.24. The van der Waals surface area contributed by atoms with Gasteiger partial charge >= 0.3 is 0 Å². The Kier molecular flexibility index (Phi) is 6.39. The predicted octanol–water partition coefficient (Wildman–Crippen LogP) is 5.44. The molecule has 0 radical (unpaired) electrons. The summed E-state index contributed by atoms with van der Waals surface area (Å²) in [5.41, 5.74) is 4.84. The van der Waals surface area contributed by atoms with Gasteiger partial charge in [-0.05, 0) is 54.4 Å². The molecule has 0 amide bonds. The van der Waals surface area contributed by atoms with Gasteiger partial charge in [0.25, 0.3) is 0 Å². The average Bonchev–Trinajstić information content (AvgIpc) is 2.66. The first-order valence-electron chi connectivity index (χ1n) is 8.91. The summed E-state index contributed by atoms with van der Waals surface area (Å²) in [5, 5.41) is 4.16. The number of hydrogen-bond acceptors (Lipinski definition) is 1. The van der Waals surface area contributed by atoms with Crippen LogP contribution >= 0.6 is 12.2 Å². The molecular formula is C23H24N2S. The molecule has 3 aromatic rings. The van der Waals surface area contributed by atoms with Crippen molar-refractivity contribution >= 4 is 23.0 Å². The van der Waals surface area contributed by atoms with Gasteiger partial charge in [0.05, 0.1) is 0 Å². The SMILES string of the molecule is Cc1cccc(NC(=S)N(CCc2ccccc2)Cc2ccccc2)c1. The number of benzene rings is 3. The molecule has 1 N–H and O–H groups in total. The van der Waals surface area contributed by atoms with Crippen molar-refractivity contribution in [3.05, 3.63) is 102 Å². The molecule has 0 unspecified atom stereocenters. The minimum atomic E-state index is 0.760. The van der Waals surface area contributed by atoms with Crippen molar-refractivity contribution in [2.75, 3.05) is 11.9 Å². The standard InChI is InChI=1S/C23H24N2S/c1-19-9-8-14-22(17-19)24-23(26)25(18-21-12-6-3-7-13-21)16-15-20-10-4-2-5-11-20/h2-14,17H,15-16,18H2,1H3,(H,24,26). The fraction of sp³-hybridized carbons (Fsp3) is 0.174. The van der Waals surface area contributed by atoms with E-state index in [9.17, 15) is 0 Å². The Bertz CT molecular complexity index is 831. The molecule has 0 atom stereocenters. The molecule has 2 nitrogen and oxygen atoms in total. The molecular weight excluding hydrogens is 336 g/mol. The number of anilines is 1. The Hall–Kier alpha value is -2.65. The smallest absolute Gasteiger partial charge is 0.173 e. The number of nitrogens with one attached hydrogen (secondary N) is 1. The van der Waals surface area contributed by atoms with Gasteiger partial charge in [0.2, 0.25) is 0 Å². The quantitative estimate of drug-likeness (QED) is 0.590. The van der Waals surface area contributed by atoms with E-state index in [4.69, 9.17) is 12.2 Å². The first-order chi connectivity index (χ1) is 12.7. The number of rotatable bonds is 6. The van der Waals surface area contributed by atoms with Crippen LogP contribution in [0.2, 0.25) is 0 Å². The minimum Gasteiger partial charge on any atom is -0.344 e. The van der Waals surface area contributed by atoms with Crippen molar-refractivity contribution in [3.63, 3.8) is 0 Å². The first-order valence-corrected chi connectivity index (χ1v) is 9.32. The second-order valence-corrected chi connectivity index (χ2v) is 6.83. The monoisotopic (exact) mass is 360 g/mol. The van der Waals surface area contributed by atoms with E-state index in [-0.39, 0.29) is 0 Å². The van der Waals surface area contributed by atoms with Gasteiger partial charge in [-0.1, -0.05) is 72.8 Å². The van der Waals surface area contributed by atoms with Crippen LogP contribution in [0.1, 0.15) is 16.7 Å². The highest BCUT2D eigenvalue weighted by Gasteiger charge is 2.11. The van der Waals surface area contributed by atoms with Crippen LogP contribution in [0.4, 0.5) is 5.69 Å². The van der Waals surface area contributed by atoms with E-state index in [1.54, 1.807) is 0 Å². The average molecular weight is 361 g/mol. The van der Waals surface area contributed by atoms with Crippen molar-refractivity contribution in [2.24, 2.45) is 0 Å². The lowest BCUT2D eigenvalue weighted by molar-refractivity contribution is 0.423. The third-order valence-electron chi connectivity index (χ3n) is 4.29. The maximum absolute atomic E-state index is 5.73. The zero-order chi connectivity index (χ0) is 18.2. The Morgan fingerprint density at radius 2 is 1.50 bits per heavy atom. The van der Waals surface area contributed by atoms with Gasteiger partial charge in [0.15, 0.2) is 5.11 Å². The summed E-state index contributed by atoms with van der Waals surface area (Å²) in [7, 11) is 0. The fourth-order valence-electron chi connectivity index (χ4n) is 2.89. The van der Waals surface area contributed by atoms with Crippen molar-refractivity contribution in [3.8, 4) is 0 Å². The van der Waals surface area contributed by atoms with Gasteiger partial charge in [0.1, 0.15) is 0 Å². The lowest BCUT2D eigenvalue weighted by Gasteiger charge is -2.26. The summed E-state index contributed by atoms with van der Waals surface area (Å²) in [6, 6.07) is 29.3. The van der Waals surface area contributed by atoms with Crippen LogP contribution in [0.3, 0.4) is 0 Å². The molecule has 3 heteroatoms. The molecule has 0 spiro atoms. The van der Waals surface area contributed by atoms with Crippen LogP contribution in [0.15, 0.2) is 84.9 Å². The van der Waals surface area contributed by atoms with Crippen LogP contribution in [0, 0.1) is 6.92 Å². The summed E-state index contributed by atoms with van der Waals surface area (Å²) >= 11 is 5.73. The number of nitrogens with zero attached hydrogens (tertiary/aromatic N) is 1. The van der Waals surface area contributed by atoms with Crippen molar-refractivity contribution < 1.29 is 0 Å². The normalized spacial score (nSPS) is 10.3. The molecule has 26 heavy (non-hydrogen) atoms. The largest absolute Gasteiger partial charge is 0.344 e. The second kappa shape index (κ2) is 9.16. The minimum absolute atomic E-state index is 0.760. The third kappa shape index (κ3) is 5.43. The molecule has 0 aliphatic carbocycles. The molecule has 0 aromatic heterocycles. The van der Waals surface area contributed by atoms with Gasteiger partial charge in [-0.2, -0.15) is 0 Å². The zero-order valence-corrected chi connectivity index (χ0v) is 15.9. The highest BCUT2D eigenvalue weighted by molar-refractivity contribution is 7.80. The molecule has 0 aliphatic rings. The highest BCUT2D eigenvalue weighted by Crippen LogP contribution is 2.13. The van der Waals surface area contributed by atoms with Crippen LogP contribution in [0.25, 0.3) is 0 Å².